The van der Waals surface area contributed by atoms with Crippen molar-refractivity contribution >= 4 is 43.2 Å². The quantitative estimate of drug-likeness (QED) is 0.359. The second kappa shape index (κ2) is 13.2. The Labute approximate surface area is 256 Å². The van der Waals surface area contributed by atoms with Crippen LogP contribution in [0, 0.1) is 11.7 Å². The highest BCUT2D eigenvalue weighted by Crippen LogP contribution is 2.31. The zero-order chi connectivity index (χ0) is 31.5. The summed E-state index contributed by atoms with van der Waals surface area (Å²) in [6.07, 6.45) is -0.908. The Morgan fingerprint density at radius 1 is 1.07 bits per heavy atom. The van der Waals surface area contributed by atoms with Crippen molar-refractivity contribution in [2.75, 3.05) is 31.5 Å². The zero-order valence-corrected chi connectivity index (χ0v) is 26.2. The number of sulfonamides is 2. The maximum Gasteiger partial charge on any atom is 0.261 e. The molecule has 0 saturated heterocycles. The molecule has 3 aromatic carbocycles. The number of hydrogen-bond donors (Lipinski definition) is 2. The molecule has 0 saturated carbocycles. The van der Waals surface area contributed by atoms with E-state index in [1.54, 1.807) is 6.92 Å². The number of halogens is 2. The van der Waals surface area contributed by atoms with Crippen molar-refractivity contribution in [3.63, 3.8) is 0 Å². The first-order valence-corrected chi connectivity index (χ1v) is 16.7. The van der Waals surface area contributed by atoms with Gasteiger partial charge in [-0.15, -0.1) is 0 Å². The molecule has 1 heterocycles. The summed E-state index contributed by atoms with van der Waals surface area (Å²) < 4.78 is 75.8. The first kappa shape index (κ1) is 32.7. The highest BCUT2D eigenvalue weighted by Gasteiger charge is 2.33. The van der Waals surface area contributed by atoms with Gasteiger partial charge in [-0.3, -0.25) is 9.52 Å². The van der Waals surface area contributed by atoms with Crippen molar-refractivity contribution in [3.05, 3.63) is 83.1 Å². The van der Waals surface area contributed by atoms with Crippen molar-refractivity contribution in [3.8, 4) is 5.75 Å². The Hall–Kier alpha value is -3.23. The minimum atomic E-state index is -4.01. The van der Waals surface area contributed by atoms with Crippen LogP contribution in [-0.2, 0) is 31.3 Å². The van der Waals surface area contributed by atoms with Gasteiger partial charge in [0.2, 0.25) is 15.9 Å². The Bertz CT molecular complexity index is 1670. The first-order chi connectivity index (χ1) is 20.2. The molecule has 0 spiro atoms. The fourth-order valence-corrected chi connectivity index (χ4v) is 7.04. The Balaban J connectivity index is 1.68. The molecule has 3 atom stereocenters. The second-order valence-corrected chi connectivity index (χ2v) is 14.7. The second-order valence-electron chi connectivity index (χ2n) is 10.5. The lowest BCUT2D eigenvalue weighted by atomic mass is 10.0. The van der Waals surface area contributed by atoms with E-state index in [2.05, 4.69) is 4.72 Å². The Morgan fingerprint density at radius 3 is 2.33 bits per heavy atom. The van der Waals surface area contributed by atoms with Crippen LogP contribution in [0.2, 0.25) is 5.02 Å². The number of carbonyl (C=O) groups is 1. The first-order valence-electron chi connectivity index (χ1n) is 13.4. The van der Waals surface area contributed by atoms with Crippen LogP contribution in [0.25, 0.3) is 0 Å². The van der Waals surface area contributed by atoms with Crippen LogP contribution in [0.3, 0.4) is 0 Å². The molecule has 2 N–H and O–H groups in total. The number of nitrogens with zero attached hydrogens (tertiary/aromatic N) is 2. The number of ether oxygens (including phenoxy) is 1. The summed E-state index contributed by atoms with van der Waals surface area (Å²) in [4.78, 5) is 14.9. The molecular weight excluding hydrogens is 621 g/mol. The molecule has 1 aliphatic heterocycles. The number of aliphatic hydroxyl groups is 1. The van der Waals surface area contributed by atoms with E-state index < -0.39 is 43.9 Å². The van der Waals surface area contributed by atoms with E-state index in [4.69, 9.17) is 16.3 Å². The SMILES string of the molecule is C[C@@H]1CN([C@@H](C)CO)C(=O)Cc2cc(NS(=O)(=O)c3ccc(Cl)cc3)ccc2O[C@H]1CN(C)S(=O)(=O)c1ccc(F)cc1. The van der Waals surface area contributed by atoms with Crippen LogP contribution in [0.4, 0.5) is 10.1 Å². The lowest BCUT2D eigenvalue weighted by Gasteiger charge is -2.33. The van der Waals surface area contributed by atoms with Crippen LogP contribution in [0.15, 0.2) is 76.5 Å². The third-order valence-corrected chi connectivity index (χ3v) is 10.7. The summed E-state index contributed by atoms with van der Waals surface area (Å²) in [5.74, 6) is -0.989. The minimum Gasteiger partial charge on any atom is -0.488 e. The molecular formula is C29H33ClFN3O7S2. The van der Waals surface area contributed by atoms with Gasteiger partial charge in [-0.25, -0.2) is 21.2 Å². The number of anilines is 1. The molecule has 43 heavy (non-hydrogen) atoms. The standard InChI is InChI=1S/C29H33ClFN3O7S2/c1-19-16-34(20(2)18-35)29(36)15-21-14-24(32-42(37,38)25-9-4-22(30)5-10-25)8-13-27(21)41-28(19)17-33(3)43(39,40)26-11-6-23(31)7-12-26/h4-14,19-20,28,32,35H,15-18H2,1-3H3/t19-,20+,28+/m1/s1. The maximum absolute atomic E-state index is 13.5. The number of nitrogens with one attached hydrogen (secondary N) is 1. The number of hydrogen-bond acceptors (Lipinski definition) is 7. The van der Waals surface area contributed by atoms with Crippen molar-refractivity contribution in [1.82, 2.24) is 9.21 Å². The number of likely N-dealkylation sites (N-methyl/N-ethyl adjacent to an activating group) is 1. The largest absolute Gasteiger partial charge is 0.488 e. The molecule has 0 unspecified atom stereocenters. The highest BCUT2D eigenvalue weighted by atomic mass is 35.5. The molecule has 10 nitrogen and oxygen atoms in total. The molecule has 0 aromatic heterocycles. The van der Waals surface area contributed by atoms with Gasteiger partial charge in [0, 0.05) is 35.8 Å². The van der Waals surface area contributed by atoms with Crippen molar-refractivity contribution in [2.24, 2.45) is 5.92 Å². The average molecular weight is 654 g/mol. The van der Waals surface area contributed by atoms with Gasteiger partial charge in [-0.05, 0) is 73.7 Å². The van der Waals surface area contributed by atoms with Gasteiger partial charge >= 0.3 is 0 Å². The topological polar surface area (TPSA) is 133 Å². The van der Waals surface area contributed by atoms with Crippen LogP contribution < -0.4 is 9.46 Å². The van der Waals surface area contributed by atoms with E-state index in [1.807, 2.05) is 6.92 Å². The molecule has 4 rings (SSSR count). The Morgan fingerprint density at radius 2 is 1.70 bits per heavy atom. The van der Waals surface area contributed by atoms with E-state index in [9.17, 15) is 31.1 Å². The lowest BCUT2D eigenvalue weighted by molar-refractivity contribution is -0.134. The fourth-order valence-electron chi connectivity index (χ4n) is 4.68. The molecule has 0 fully saturated rings. The number of amides is 1. The summed E-state index contributed by atoms with van der Waals surface area (Å²) in [6, 6.07) is 14.1. The van der Waals surface area contributed by atoms with Gasteiger partial charge in [0.15, 0.2) is 0 Å². The molecule has 14 heteroatoms. The molecule has 232 valence electrons. The van der Waals surface area contributed by atoms with Crippen molar-refractivity contribution in [2.45, 2.75) is 42.2 Å². The summed E-state index contributed by atoms with van der Waals surface area (Å²) >= 11 is 5.89. The molecule has 1 amide bonds. The monoisotopic (exact) mass is 653 g/mol. The predicted molar refractivity (Wildman–Crippen MR) is 160 cm³/mol. The van der Waals surface area contributed by atoms with Gasteiger partial charge < -0.3 is 14.7 Å². The third kappa shape index (κ3) is 7.65. The van der Waals surface area contributed by atoms with E-state index in [0.717, 1.165) is 16.4 Å². The third-order valence-electron chi connectivity index (χ3n) is 7.25. The lowest BCUT2D eigenvalue weighted by Crippen LogP contribution is -2.48. The summed E-state index contributed by atoms with van der Waals surface area (Å²) in [5.41, 5.74) is 0.561. The minimum absolute atomic E-state index is 0.00463. The zero-order valence-electron chi connectivity index (χ0n) is 23.8. The van der Waals surface area contributed by atoms with Gasteiger partial charge in [0.25, 0.3) is 10.0 Å². The number of fused-ring (bicyclic) bond motifs is 1. The van der Waals surface area contributed by atoms with Gasteiger partial charge in [-0.2, -0.15) is 4.31 Å². The van der Waals surface area contributed by atoms with E-state index in [1.165, 1.54) is 66.5 Å². The van der Waals surface area contributed by atoms with Crippen LogP contribution in [-0.4, -0.2) is 75.9 Å². The smallest absolute Gasteiger partial charge is 0.261 e. The van der Waals surface area contributed by atoms with Crippen LogP contribution in [0.5, 0.6) is 5.75 Å². The molecule has 1 aliphatic rings. The molecule has 0 bridgehead atoms. The van der Waals surface area contributed by atoms with Gasteiger partial charge in [0.05, 0.1) is 35.4 Å². The number of benzene rings is 3. The van der Waals surface area contributed by atoms with Crippen LogP contribution >= 0.6 is 11.6 Å². The number of carbonyl (C=O) groups excluding carboxylic acids is 1. The van der Waals surface area contributed by atoms with E-state index in [0.29, 0.717) is 10.6 Å². The predicted octanol–water partition coefficient (Wildman–Crippen LogP) is 3.75. The molecule has 3 aromatic rings. The number of aliphatic hydroxyl groups excluding tert-OH is 1. The number of rotatable bonds is 9. The van der Waals surface area contributed by atoms with E-state index >= 15 is 0 Å². The highest BCUT2D eigenvalue weighted by molar-refractivity contribution is 7.92. The molecule has 0 aliphatic carbocycles. The fraction of sp³-hybridized carbons (Fsp3) is 0.345. The van der Waals surface area contributed by atoms with E-state index in [-0.39, 0.29) is 53.3 Å². The summed E-state index contributed by atoms with van der Waals surface area (Å²) in [6.45, 7) is 3.27. The maximum atomic E-state index is 13.5. The van der Waals surface area contributed by atoms with Gasteiger partial charge in [-0.1, -0.05) is 18.5 Å². The van der Waals surface area contributed by atoms with Crippen molar-refractivity contribution in [1.29, 1.82) is 0 Å². The normalized spacial score (nSPS) is 18.7. The summed E-state index contributed by atoms with van der Waals surface area (Å²) in [7, 11) is -6.60. The van der Waals surface area contributed by atoms with Crippen LogP contribution in [0.1, 0.15) is 19.4 Å². The molecule has 0 radical (unpaired) electrons. The Kier molecular flexibility index (Phi) is 10.0. The van der Waals surface area contributed by atoms with Gasteiger partial charge in [0.1, 0.15) is 17.7 Å². The van der Waals surface area contributed by atoms with Crippen molar-refractivity contribution < 1.29 is 35.9 Å². The average Bonchev–Trinajstić information content (AvgIpc) is 3.00. The summed E-state index contributed by atoms with van der Waals surface area (Å²) in [5, 5.41) is 10.2.